The summed E-state index contributed by atoms with van der Waals surface area (Å²) in [6, 6.07) is 11.4. The maximum absolute atomic E-state index is 11.7. The van der Waals surface area contributed by atoms with Gasteiger partial charge in [-0.15, -0.1) is 10.2 Å². The van der Waals surface area contributed by atoms with Gasteiger partial charge in [0.05, 0.1) is 13.2 Å². The maximum atomic E-state index is 11.7. The van der Waals surface area contributed by atoms with Crippen LogP contribution >= 0.6 is 0 Å². The number of nitrogens with one attached hydrogen (secondary N) is 3. The molecule has 0 aliphatic heterocycles. The summed E-state index contributed by atoms with van der Waals surface area (Å²) in [5, 5.41) is 16.5. The van der Waals surface area contributed by atoms with Crippen molar-refractivity contribution in [3.05, 3.63) is 53.9 Å². The third-order valence-corrected chi connectivity index (χ3v) is 3.20. The molecule has 23 heavy (non-hydrogen) atoms. The minimum absolute atomic E-state index is 0.0211. The fraction of sp³-hybridized carbons (Fsp3) is 0.200. The summed E-state index contributed by atoms with van der Waals surface area (Å²) >= 11 is 0. The monoisotopic (exact) mass is 312 g/mol. The Labute approximate surface area is 132 Å². The van der Waals surface area contributed by atoms with E-state index in [0.717, 1.165) is 16.8 Å². The highest BCUT2D eigenvalue weighted by Gasteiger charge is 2.04. The fourth-order valence-corrected chi connectivity index (χ4v) is 2.02. The van der Waals surface area contributed by atoms with E-state index >= 15 is 0 Å². The summed E-state index contributed by atoms with van der Waals surface area (Å²) in [7, 11) is 0. The van der Waals surface area contributed by atoms with E-state index in [2.05, 4.69) is 30.9 Å². The van der Waals surface area contributed by atoms with Crippen LogP contribution in [0.1, 0.15) is 11.3 Å². The molecule has 3 N–H and O–H groups in total. The standard InChI is InChI=1S/C15H16N6O2/c22-14(17-8-13-2-1-7-16-13)10-23-9-11-3-5-12(6-4-11)15-18-20-21-19-15/h1-7,16H,8-10H2,(H,17,22)(H,18,19,20,21). The topological polar surface area (TPSA) is 109 Å². The van der Waals surface area contributed by atoms with Crippen molar-refractivity contribution in [2.24, 2.45) is 0 Å². The van der Waals surface area contributed by atoms with Gasteiger partial charge in [-0.1, -0.05) is 24.3 Å². The quantitative estimate of drug-likeness (QED) is 0.604. The van der Waals surface area contributed by atoms with Gasteiger partial charge in [0.2, 0.25) is 11.7 Å². The number of carbonyl (C=O) groups is 1. The Hall–Kier alpha value is -3.00. The Morgan fingerprint density at radius 3 is 2.78 bits per heavy atom. The average Bonchev–Trinajstić information content (AvgIpc) is 3.27. The molecule has 0 fully saturated rings. The van der Waals surface area contributed by atoms with Crippen LogP contribution in [0.15, 0.2) is 42.6 Å². The third-order valence-electron chi connectivity index (χ3n) is 3.20. The Morgan fingerprint density at radius 2 is 2.09 bits per heavy atom. The molecule has 0 aliphatic rings. The number of hydrogen-bond acceptors (Lipinski definition) is 5. The number of ether oxygens (including phenoxy) is 1. The van der Waals surface area contributed by atoms with Crippen molar-refractivity contribution < 1.29 is 9.53 Å². The number of aromatic amines is 2. The molecule has 8 nitrogen and oxygen atoms in total. The summed E-state index contributed by atoms with van der Waals surface area (Å²) in [5.74, 6) is 0.393. The number of amides is 1. The van der Waals surface area contributed by atoms with Crippen molar-refractivity contribution in [3.63, 3.8) is 0 Å². The number of rotatable bonds is 7. The largest absolute Gasteiger partial charge is 0.367 e. The lowest BCUT2D eigenvalue weighted by molar-refractivity contribution is -0.126. The Bertz CT molecular complexity index is 722. The molecular formula is C15H16N6O2. The minimum atomic E-state index is -0.150. The first kappa shape index (κ1) is 14.9. The predicted molar refractivity (Wildman–Crippen MR) is 81.9 cm³/mol. The minimum Gasteiger partial charge on any atom is -0.367 e. The fourth-order valence-electron chi connectivity index (χ4n) is 2.02. The van der Waals surface area contributed by atoms with Gasteiger partial charge in [-0.25, -0.2) is 0 Å². The van der Waals surface area contributed by atoms with Gasteiger partial charge in [0.1, 0.15) is 6.61 Å². The summed E-state index contributed by atoms with van der Waals surface area (Å²) in [6.45, 7) is 0.852. The van der Waals surface area contributed by atoms with Gasteiger partial charge < -0.3 is 15.0 Å². The molecule has 2 heterocycles. The molecule has 0 atom stereocenters. The van der Waals surface area contributed by atoms with E-state index in [0.29, 0.717) is 19.0 Å². The van der Waals surface area contributed by atoms with Gasteiger partial charge in [0.15, 0.2) is 0 Å². The second-order valence-corrected chi connectivity index (χ2v) is 4.90. The molecule has 0 unspecified atom stereocenters. The van der Waals surface area contributed by atoms with Crippen LogP contribution in [0.4, 0.5) is 0 Å². The van der Waals surface area contributed by atoms with E-state index in [1.807, 2.05) is 42.6 Å². The zero-order valence-corrected chi connectivity index (χ0v) is 12.3. The second kappa shape index (κ2) is 7.32. The van der Waals surface area contributed by atoms with Crippen LogP contribution in [0.2, 0.25) is 0 Å². The zero-order chi connectivity index (χ0) is 15.9. The molecule has 0 aliphatic carbocycles. The number of H-pyrrole nitrogens is 2. The van der Waals surface area contributed by atoms with E-state index < -0.39 is 0 Å². The van der Waals surface area contributed by atoms with Crippen LogP contribution in [0.3, 0.4) is 0 Å². The lowest BCUT2D eigenvalue weighted by Gasteiger charge is -2.06. The summed E-state index contributed by atoms with van der Waals surface area (Å²) in [4.78, 5) is 14.7. The highest BCUT2D eigenvalue weighted by Crippen LogP contribution is 2.14. The predicted octanol–water partition coefficient (Wildman–Crippen LogP) is 1.03. The lowest BCUT2D eigenvalue weighted by Crippen LogP contribution is -2.27. The molecule has 1 aromatic carbocycles. The van der Waals surface area contributed by atoms with Gasteiger partial charge in [-0.3, -0.25) is 4.79 Å². The number of benzene rings is 1. The van der Waals surface area contributed by atoms with Gasteiger partial charge in [-0.2, -0.15) is 5.21 Å². The van der Waals surface area contributed by atoms with Gasteiger partial charge in [0, 0.05) is 17.5 Å². The molecule has 118 valence electrons. The Kier molecular flexibility index (Phi) is 4.75. The molecule has 0 saturated carbocycles. The summed E-state index contributed by atoms with van der Waals surface area (Å²) in [5.41, 5.74) is 2.79. The van der Waals surface area contributed by atoms with Crippen LogP contribution in [0, 0.1) is 0 Å². The van der Waals surface area contributed by atoms with Crippen molar-refractivity contribution in [1.82, 2.24) is 30.9 Å². The molecular weight excluding hydrogens is 296 g/mol. The Morgan fingerprint density at radius 1 is 1.22 bits per heavy atom. The van der Waals surface area contributed by atoms with Gasteiger partial charge in [0.25, 0.3) is 0 Å². The first-order valence-corrected chi connectivity index (χ1v) is 7.11. The number of aromatic nitrogens is 5. The van der Waals surface area contributed by atoms with Crippen LogP contribution in [-0.4, -0.2) is 38.1 Å². The van der Waals surface area contributed by atoms with Crippen LogP contribution in [0.25, 0.3) is 11.4 Å². The number of nitrogens with zero attached hydrogens (tertiary/aromatic N) is 3. The van der Waals surface area contributed by atoms with E-state index in [4.69, 9.17) is 4.74 Å². The molecule has 0 bridgehead atoms. The maximum Gasteiger partial charge on any atom is 0.246 e. The van der Waals surface area contributed by atoms with Crippen LogP contribution in [-0.2, 0) is 22.7 Å². The molecule has 1 amide bonds. The molecule has 0 saturated heterocycles. The molecule has 0 spiro atoms. The summed E-state index contributed by atoms with van der Waals surface area (Å²) in [6.07, 6.45) is 1.82. The molecule has 3 rings (SSSR count). The van der Waals surface area contributed by atoms with E-state index in [9.17, 15) is 4.79 Å². The van der Waals surface area contributed by atoms with Crippen LogP contribution < -0.4 is 5.32 Å². The lowest BCUT2D eigenvalue weighted by atomic mass is 10.1. The van der Waals surface area contributed by atoms with Crippen molar-refractivity contribution in [2.45, 2.75) is 13.2 Å². The highest BCUT2D eigenvalue weighted by atomic mass is 16.5. The first-order chi connectivity index (χ1) is 11.3. The van der Waals surface area contributed by atoms with E-state index in [1.54, 1.807) is 0 Å². The van der Waals surface area contributed by atoms with Gasteiger partial charge in [-0.05, 0) is 22.9 Å². The van der Waals surface area contributed by atoms with Crippen molar-refractivity contribution >= 4 is 5.91 Å². The first-order valence-electron chi connectivity index (χ1n) is 7.11. The molecule has 8 heteroatoms. The average molecular weight is 312 g/mol. The smallest absolute Gasteiger partial charge is 0.246 e. The van der Waals surface area contributed by atoms with Crippen molar-refractivity contribution in [3.8, 4) is 11.4 Å². The zero-order valence-electron chi connectivity index (χ0n) is 12.3. The number of tetrazole rings is 1. The van der Waals surface area contributed by atoms with Crippen molar-refractivity contribution in [1.29, 1.82) is 0 Å². The van der Waals surface area contributed by atoms with E-state index in [1.165, 1.54) is 0 Å². The Balaban J connectivity index is 1.41. The van der Waals surface area contributed by atoms with Gasteiger partial charge >= 0.3 is 0 Å². The SMILES string of the molecule is O=C(COCc1ccc(-c2nn[nH]n2)cc1)NCc1ccc[nH]1. The second-order valence-electron chi connectivity index (χ2n) is 4.90. The molecule has 2 aromatic heterocycles. The van der Waals surface area contributed by atoms with Crippen molar-refractivity contribution in [2.75, 3.05) is 6.61 Å². The number of carbonyl (C=O) groups excluding carboxylic acids is 1. The third kappa shape index (κ3) is 4.24. The highest BCUT2D eigenvalue weighted by molar-refractivity contribution is 5.77. The van der Waals surface area contributed by atoms with Crippen LogP contribution in [0.5, 0.6) is 0 Å². The normalized spacial score (nSPS) is 10.6. The molecule has 3 aromatic rings. The van der Waals surface area contributed by atoms with E-state index in [-0.39, 0.29) is 12.5 Å². The molecule has 0 radical (unpaired) electrons. The summed E-state index contributed by atoms with van der Waals surface area (Å²) < 4.78 is 5.41. The number of hydrogen-bond donors (Lipinski definition) is 3.